The van der Waals surface area contributed by atoms with Gasteiger partial charge in [-0.3, -0.25) is 4.99 Å². The van der Waals surface area contributed by atoms with Crippen molar-refractivity contribution in [2.45, 2.75) is 104 Å². The number of hydrogen-bond acceptors (Lipinski definition) is 3. The highest BCUT2D eigenvalue weighted by molar-refractivity contribution is 5.57. The zero-order valence-corrected chi connectivity index (χ0v) is 16.9. The maximum atomic E-state index is 5.79. The normalized spacial score (nSPS) is 15.5. The van der Waals surface area contributed by atoms with Gasteiger partial charge in [0.25, 0.3) is 0 Å². The molecule has 0 saturated carbocycles. The van der Waals surface area contributed by atoms with Gasteiger partial charge >= 0.3 is 0 Å². The maximum Gasteiger partial charge on any atom is 0.150 e. The fraction of sp³-hybridized carbons (Fsp3) is 0.864. The molecule has 0 bridgehead atoms. The zero-order chi connectivity index (χ0) is 18.0. The van der Waals surface area contributed by atoms with Gasteiger partial charge in [0, 0.05) is 13.2 Å². The minimum absolute atomic E-state index is 0.0774. The minimum atomic E-state index is 0.0774. The summed E-state index contributed by atoms with van der Waals surface area (Å²) in [6, 6.07) is 0. The lowest BCUT2D eigenvalue weighted by Gasteiger charge is -2.23. The van der Waals surface area contributed by atoms with Gasteiger partial charge in [-0.2, -0.15) is 0 Å². The van der Waals surface area contributed by atoms with Crippen LogP contribution in [0.25, 0.3) is 0 Å². The Bertz CT molecular complexity index is 341. The highest BCUT2D eigenvalue weighted by Crippen LogP contribution is 2.13. The van der Waals surface area contributed by atoms with Crippen LogP contribution in [0.2, 0.25) is 0 Å². The molecule has 0 aliphatic carbocycles. The number of ether oxygens (including phenoxy) is 1. The highest BCUT2D eigenvalue weighted by Gasteiger charge is 2.14. The van der Waals surface area contributed by atoms with Gasteiger partial charge in [-0.15, -0.1) is 0 Å². The van der Waals surface area contributed by atoms with E-state index in [2.05, 4.69) is 35.9 Å². The van der Waals surface area contributed by atoms with Gasteiger partial charge in [-0.1, -0.05) is 83.6 Å². The summed E-state index contributed by atoms with van der Waals surface area (Å²) in [6.07, 6.45) is 24.6. The minimum Gasteiger partial charge on any atom is -0.355 e. The predicted octanol–water partition coefficient (Wildman–Crippen LogP) is 6.34. The first-order valence-corrected chi connectivity index (χ1v) is 10.9. The maximum absolute atomic E-state index is 5.79. The van der Waals surface area contributed by atoms with Gasteiger partial charge in [0.15, 0.2) is 0 Å². The molecule has 1 atom stereocenters. The molecule has 1 aliphatic rings. The second kappa shape index (κ2) is 16.6. The van der Waals surface area contributed by atoms with Gasteiger partial charge < -0.3 is 9.64 Å². The molecule has 1 aliphatic heterocycles. The zero-order valence-electron chi connectivity index (χ0n) is 16.9. The molecular formula is C22H42N2O. The van der Waals surface area contributed by atoms with Crippen LogP contribution in [0.4, 0.5) is 0 Å². The smallest absolute Gasteiger partial charge is 0.150 e. The first-order chi connectivity index (χ1) is 12.4. The fourth-order valence-corrected chi connectivity index (χ4v) is 3.33. The summed E-state index contributed by atoms with van der Waals surface area (Å²) in [4.78, 5) is 6.46. The van der Waals surface area contributed by atoms with Crippen LogP contribution < -0.4 is 0 Å². The van der Waals surface area contributed by atoms with E-state index < -0.39 is 0 Å². The van der Waals surface area contributed by atoms with Crippen LogP contribution >= 0.6 is 0 Å². The van der Waals surface area contributed by atoms with Crippen LogP contribution in [0.3, 0.4) is 0 Å². The molecule has 0 aromatic heterocycles. The molecule has 0 aromatic rings. The summed E-state index contributed by atoms with van der Waals surface area (Å²) >= 11 is 0. The molecule has 3 heteroatoms. The number of rotatable bonds is 17. The molecule has 0 spiro atoms. The van der Waals surface area contributed by atoms with Crippen molar-refractivity contribution in [2.75, 3.05) is 19.7 Å². The van der Waals surface area contributed by atoms with Crippen LogP contribution in [0.1, 0.15) is 97.3 Å². The van der Waals surface area contributed by atoms with Gasteiger partial charge in [-0.25, -0.2) is 0 Å². The summed E-state index contributed by atoms with van der Waals surface area (Å²) in [5, 5.41) is 0. The van der Waals surface area contributed by atoms with Gasteiger partial charge in [-0.05, 0) is 25.8 Å². The fourth-order valence-electron chi connectivity index (χ4n) is 3.33. The summed E-state index contributed by atoms with van der Waals surface area (Å²) in [7, 11) is 0. The van der Waals surface area contributed by atoms with Crippen molar-refractivity contribution in [1.82, 2.24) is 4.90 Å². The van der Waals surface area contributed by atoms with E-state index in [4.69, 9.17) is 4.74 Å². The molecule has 0 fully saturated rings. The Hall–Kier alpha value is -0.830. The molecule has 1 rings (SSSR count). The Kier molecular flexibility index (Phi) is 14.8. The van der Waals surface area contributed by atoms with Crippen LogP contribution in [0.15, 0.2) is 17.1 Å². The summed E-state index contributed by atoms with van der Waals surface area (Å²) in [6.45, 7) is 6.97. The van der Waals surface area contributed by atoms with E-state index in [1.165, 1.54) is 83.5 Å². The topological polar surface area (TPSA) is 24.8 Å². The van der Waals surface area contributed by atoms with Gasteiger partial charge in [0.2, 0.25) is 0 Å². The third kappa shape index (κ3) is 12.2. The molecule has 3 nitrogen and oxygen atoms in total. The van der Waals surface area contributed by atoms with Crippen molar-refractivity contribution < 1.29 is 4.74 Å². The van der Waals surface area contributed by atoms with Crippen molar-refractivity contribution in [3.8, 4) is 0 Å². The van der Waals surface area contributed by atoms with Crippen molar-refractivity contribution >= 4 is 6.34 Å². The highest BCUT2D eigenvalue weighted by atomic mass is 16.5. The Morgan fingerprint density at radius 2 is 1.52 bits per heavy atom. The van der Waals surface area contributed by atoms with Crippen LogP contribution in [-0.4, -0.2) is 37.2 Å². The summed E-state index contributed by atoms with van der Waals surface area (Å²) < 4.78 is 5.79. The van der Waals surface area contributed by atoms with Crippen molar-refractivity contribution in [2.24, 2.45) is 4.99 Å². The molecule has 1 heterocycles. The van der Waals surface area contributed by atoms with Crippen LogP contribution in [0, 0.1) is 0 Å². The lowest BCUT2D eigenvalue weighted by molar-refractivity contribution is 0.0212. The number of hydrogen-bond donors (Lipinski definition) is 0. The summed E-state index contributed by atoms with van der Waals surface area (Å²) in [5.74, 6) is 0. The monoisotopic (exact) mass is 350 g/mol. The average Bonchev–Trinajstić information content (AvgIpc) is 3.15. The van der Waals surface area contributed by atoms with Crippen molar-refractivity contribution in [3.05, 3.63) is 12.2 Å². The van der Waals surface area contributed by atoms with Crippen molar-refractivity contribution in [1.29, 1.82) is 0 Å². The molecule has 0 amide bonds. The average molecular weight is 351 g/mol. The number of allylic oxidation sites excluding steroid dienone is 1. The second-order valence-corrected chi connectivity index (χ2v) is 7.21. The van der Waals surface area contributed by atoms with E-state index in [-0.39, 0.29) is 6.23 Å². The Morgan fingerprint density at radius 1 is 0.920 bits per heavy atom. The molecule has 1 unspecified atom stereocenters. The molecular weight excluding hydrogens is 308 g/mol. The van der Waals surface area contributed by atoms with Crippen LogP contribution in [-0.2, 0) is 4.74 Å². The third-order valence-corrected chi connectivity index (χ3v) is 4.91. The predicted molar refractivity (Wildman–Crippen MR) is 110 cm³/mol. The molecule has 0 aromatic carbocycles. The Balaban J connectivity index is 1.89. The van der Waals surface area contributed by atoms with E-state index >= 15 is 0 Å². The van der Waals surface area contributed by atoms with E-state index in [0.717, 1.165) is 19.7 Å². The SMILES string of the molecule is CCCCCCCCCCCCCCC=CC(OCC)N1C=NCC1. The van der Waals surface area contributed by atoms with E-state index in [1.54, 1.807) is 0 Å². The van der Waals surface area contributed by atoms with Gasteiger partial charge in [0.05, 0.1) is 12.9 Å². The second-order valence-electron chi connectivity index (χ2n) is 7.21. The van der Waals surface area contributed by atoms with E-state index in [9.17, 15) is 0 Å². The first kappa shape index (κ1) is 22.2. The molecule has 0 saturated heterocycles. The molecule has 146 valence electrons. The quantitative estimate of drug-likeness (QED) is 0.226. The third-order valence-electron chi connectivity index (χ3n) is 4.91. The van der Waals surface area contributed by atoms with E-state index in [0.29, 0.717) is 0 Å². The lowest BCUT2D eigenvalue weighted by atomic mass is 10.0. The molecule has 0 N–H and O–H groups in total. The number of aliphatic imine (C=N–C) groups is 1. The first-order valence-electron chi connectivity index (χ1n) is 10.9. The number of nitrogens with zero attached hydrogens (tertiary/aromatic N) is 2. The van der Waals surface area contributed by atoms with Crippen molar-refractivity contribution in [3.63, 3.8) is 0 Å². The largest absolute Gasteiger partial charge is 0.355 e. The molecule has 0 radical (unpaired) electrons. The Labute approximate surface area is 156 Å². The summed E-state index contributed by atoms with van der Waals surface area (Å²) in [5.41, 5.74) is 0. The lowest BCUT2D eigenvalue weighted by Crippen LogP contribution is -2.33. The molecule has 25 heavy (non-hydrogen) atoms. The number of unbranched alkanes of at least 4 members (excludes halogenated alkanes) is 12. The standard InChI is InChI=1S/C22H42N2O/c1-3-5-6-7-8-9-10-11-12-13-14-15-16-17-18-22(25-4-2)24-20-19-23-21-24/h17-18,21-22H,3-16,19-20H2,1-2H3. The van der Waals surface area contributed by atoms with E-state index in [1.807, 2.05) is 6.34 Å². The Morgan fingerprint density at radius 3 is 2.04 bits per heavy atom. The van der Waals surface area contributed by atoms with Crippen LogP contribution in [0.5, 0.6) is 0 Å². The van der Waals surface area contributed by atoms with Gasteiger partial charge in [0.1, 0.15) is 6.23 Å².